The molecule has 546 valence electrons. The van der Waals surface area contributed by atoms with Gasteiger partial charge in [-0.2, -0.15) is 0 Å². The van der Waals surface area contributed by atoms with E-state index in [-0.39, 0.29) is 25.7 Å². The number of carbonyl (C=O) groups excluding carboxylic acids is 4. The van der Waals surface area contributed by atoms with Crippen molar-refractivity contribution in [2.45, 2.75) is 406 Å². The van der Waals surface area contributed by atoms with Crippen molar-refractivity contribution in [3.05, 3.63) is 0 Å². The van der Waals surface area contributed by atoms with Crippen LogP contribution < -0.4 is 0 Å². The Kier molecular flexibility index (Phi) is 66.2. The molecule has 0 saturated carbocycles. The maximum absolute atomic E-state index is 13.1. The molecule has 19 heteroatoms. The number of esters is 4. The number of aliphatic hydroxyl groups excluding tert-OH is 1. The predicted molar refractivity (Wildman–Crippen MR) is 372 cm³/mol. The van der Waals surface area contributed by atoms with Crippen molar-refractivity contribution < 1.29 is 80.2 Å². The lowest BCUT2D eigenvalue weighted by atomic mass is 10.0. The number of phosphoric ester groups is 2. The minimum Gasteiger partial charge on any atom is -0.462 e. The summed E-state index contributed by atoms with van der Waals surface area (Å²) in [6, 6.07) is 0. The molecule has 0 aliphatic heterocycles. The van der Waals surface area contributed by atoms with Crippen molar-refractivity contribution in [1.82, 2.24) is 0 Å². The van der Waals surface area contributed by atoms with Crippen LogP contribution in [0.15, 0.2) is 0 Å². The van der Waals surface area contributed by atoms with E-state index in [0.717, 1.165) is 89.9 Å². The Labute approximate surface area is 562 Å². The summed E-state index contributed by atoms with van der Waals surface area (Å²) in [4.78, 5) is 72.7. The second-order valence-electron chi connectivity index (χ2n) is 26.3. The monoisotopic (exact) mass is 1350 g/mol. The molecule has 0 aromatic heterocycles. The molecule has 0 spiro atoms. The predicted octanol–water partition coefficient (Wildman–Crippen LogP) is 21.4. The number of carbonyl (C=O) groups is 4. The molecule has 0 radical (unpaired) electrons. The Morgan fingerprint density at radius 2 is 0.435 bits per heavy atom. The van der Waals surface area contributed by atoms with Gasteiger partial charge >= 0.3 is 39.5 Å². The zero-order valence-electron chi connectivity index (χ0n) is 59.5. The van der Waals surface area contributed by atoms with Gasteiger partial charge in [0.05, 0.1) is 26.4 Å². The first kappa shape index (κ1) is 90.1. The van der Waals surface area contributed by atoms with E-state index in [4.69, 9.17) is 37.0 Å². The van der Waals surface area contributed by atoms with E-state index in [0.29, 0.717) is 25.7 Å². The summed E-state index contributed by atoms with van der Waals surface area (Å²) >= 11 is 0. The minimum absolute atomic E-state index is 0.108. The van der Waals surface area contributed by atoms with Crippen LogP contribution in [0.2, 0.25) is 0 Å². The van der Waals surface area contributed by atoms with Gasteiger partial charge in [0.15, 0.2) is 12.2 Å². The van der Waals surface area contributed by atoms with Crippen LogP contribution in [0.4, 0.5) is 0 Å². The third kappa shape index (κ3) is 66.7. The Morgan fingerprint density at radius 3 is 0.641 bits per heavy atom. The lowest BCUT2D eigenvalue weighted by Crippen LogP contribution is -2.30. The molecule has 92 heavy (non-hydrogen) atoms. The average Bonchev–Trinajstić information content (AvgIpc) is 2.35. The van der Waals surface area contributed by atoms with E-state index in [1.807, 2.05) is 0 Å². The maximum atomic E-state index is 13.1. The molecular weight excluding hydrogens is 1210 g/mol. The van der Waals surface area contributed by atoms with Crippen LogP contribution >= 0.6 is 15.6 Å². The van der Waals surface area contributed by atoms with Crippen LogP contribution in [-0.4, -0.2) is 96.7 Å². The highest BCUT2D eigenvalue weighted by Gasteiger charge is 2.30. The molecule has 0 rings (SSSR count). The van der Waals surface area contributed by atoms with Gasteiger partial charge in [0.1, 0.15) is 19.3 Å². The summed E-state index contributed by atoms with van der Waals surface area (Å²) in [7, 11) is -9.90. The molecule has 0 aliphatic rings. The molecule has 0 bridgehead atoms. The third-order valence-electron chi connectivity index (χ3n) is 17.1. The first-order valence-corrected chi connectivity index (χ1v) is 41.3. The van der Waals surface area contributed by atoms with Crippen molar-refractivity contribution in [3.63, 3.8) is 0 Å². The number of unbranched alkanes of at least 4 members (excludes halogenated alkanes) is 48. The fourth-order valence-corrected chi connectivity index (χ4v) is 12.8. The van der Waals surface area contributed by atoms with Crippen LogP contribution in [0.25, 0.3) is 0 Å². The molecule has 0 aromatic carbocycles. The van der Waals surface area contributed by atoms with E-state index in [1.54, 1.807) is 0 Å². The summed E-state index contributed by atoms with van der Waals surface area (Å²) in [5.74, 6) is -2.11. The summed E-state index contributed by atoms with van der Waals surface area (Å²) in [5, 5.41) is 10.6. The molecule has 3 N–H and O–H groups in total. The van der Waals surface area contributed by atoms with Gasteiger partial charge < -0.3 is 33.8 Å². The summed E-state index contributed by atoms with van der Waals surface area (Å²) in [6.45, 7) is 4.98. The van der Waals surface area contributed by atoms with E-state index in [1.165, 1.54) is 218 Å². The summed E-state index contributed by atoms with van der Waals surface area (Å²) < 4.78 is 68.4. The fraction of sp³-hybridized carbons (Fsp3) is 0.945. The number of phosphoric acid groups is 2. The molecule has 0 fully saturated rings. The second-order valence-corrected chi connectivity index (χ2v) is 29.2. The van der Waals surface area contributed by atoms with Crippen molar-refractivity contribution in [2.75, 3.05) is 39.6 Å². The van der Waals surface area contributed by atoms with Crippen LogP contribution in [0, 0.1) is 0 Å². The van der Waals surface area contributed by atoms with Gasteiger partial charge in [-0.05, 0) is 25.7 Å². The van der Waals surface area contributed by atoms with Gasteiger partial charge in [0.2, 0.25) is 0 Å². The fourth-order valence-electron chi connectivity index (χ4n) is 11.2. The average molecular weight is 1350 g/mol. The number of hydrogen-bond acceptors (Lipinski definition) is 15. The van der Waals surface area contributed by atoms with E-state index in [2.05, 4.69) is 27.7 Å². The third-order valence-corrected chi connectivity index (χ3v) is 19.0. The van der Waals surface area contributed by atoms with E-state index < -0.39 is 97.5 Å². The minimum atomic E-state index is -4.95. The molecule has 17 nitrogen and oxygen atoms in total. The molecular formula is C73H142O17P2. The zero-order chi connectivity index (χ0) is 67.5. The normalized spacial score (nSPS) is 13.9. The van der Waals surface area contributed by atoms with Gasteiger partial charge in [0.25, 0.3) is 0 Å². The molecule has 0 heterocycles. The molecule has 0 aromatic rings. The standard InChI is InChI=1S/C73H142O17P2/c1-5-9-13-17-21-25-29-33-35-39-42-46-50-54-58-71(76)84-64-69(90-73(78)60-56-52-48-44-40-36-34-30-26-22-18-14-10-6-2)66-88-92(81,82)86-62-67(74)61-85-91(79,80)87-65-68(89-72(77)59-55-51-47-43-38-32-28-24-20-16-12-8-4)63-83-70(75)57-53-49-45-41-37-31-27-23-19-15-11-7-3/h67-69,74H,5-66H2,1-4H3,(H,79,80)(H,81,82)/t67-,68+,69+/m0/s1. The SMILES string of the molecule is CCCCCCCCCCCCCCCCC(=O)OC[C@H](COP(=O)(O)OC[C@@H](O)COP(=O)(O)OC[C@@H](COC(=O)CCCCCCCCCCCCCC)OC(=O)CCCCCCCCCCCCCC)OC(=O)CCCCCCCCCCCCCCCC. The van der Waals surface area contributed by atoms with E-state index in [9.17, 15) is 43.2 Å². The number of hydrogen-bond donors (Lipinski definition) is 3. The second kappa shape index (κ2) is 67.6. The van der Waals surface area contributed by atoms with Gasteiger partial charge in [-0.3, -0.25) is 37.3 Å². The number of rotatable bonds is 74. The van der Waals surface area contributed by atoms with E-state index >= 15 is 0 Å². The van der Waals surface area contributed by atoms with Gasteiger partial charge in [-0.1, -0.05) is 336 Å². The highest BCUT2D eigenvalue weighted by Crippen LogP contribution is 2.45. The maximum Gasteiger partial charge on any atom is 0.472 e. The molecule has 0 amide bonds. The largest absolute Gasteiger partial charge is 0.472 e. The Hall–Kier alpha value is -1.94. The summed E-state index contributed by atoms with van der Waals surface area (Å²) in [6.07, 6.45) is 56.6. The first-order valence-electron chi connectivity index (χ1n) is 38.3. The van der Waals surface area contributed by atoms with Crippen molar-refractivity contribution in [3.8, 4) is 0 Å². The zero-order valence-corrected chi connectivity index (χ0v) is 61.3. The molecule has 0 saturated heterocycles. The van der Waals surface area contributed by atoms with Crippen molar-refractivity contribution in [2.24, 2.45) is 0 Å². The first-order chi connectivity index (χ1) is 44.7. The lowest BCUT2D eigenvalue weighted by Gasteiger charge is -2.21. The lowest BCUT2D eigenvalue weighted by molar-refractivity contribution is -0.161. The number of aliphatic hydroxyl groups is 1. The van der Waals surface area contributed by atoms with Crippen LogP contribution in [-0.2, 0) is 65.4 Å². The van der Waals surface area contributed by atoms with Gasteiger partial charge in [0, 0.05) is 25.7 Å². The highest BCUT2D eigenvalue weighted by atomic mass is 31.2. The van der Waals surface area contributed by atoms with Crippen molar-refractivity contribution >= 4 is 39.5 Å². The van der Waals surface area contributed by atoms with Gasteiger partial charge in [-0.15, -0.1) is 0 Å². The van der Waals surface area contributed by atoms with Crippen LogP contribution in [0.1, 0.15) is 387 Å². The quantitative estimate of drug-likeness (QED) is 0.0222. The Balaban J connectivity index is 5.25. The topological polar surface area (TPSA) is 237 Å². The molecule has 2 unspecified atom stereocenters. The van der Waals surface area contributed by atoms with Crippen LogP contribution in [0.5, 0.6) is 0 Å². The molecule has 5 atom stereocenters. The Morgan fingerprint density at radius 1 is 0.261 bits per heavy atom. The highest BCUT2D eigenvalue weighted by molar-refractivity contribution is 7.47. The van der Waals surface area contributed by atoms with Gasteiger partial charge in [-0.25, -0.2) is 9.13 Å². The number of ether oxygens (including phenoxy) is 4. The van der Waals surface area contributed by atoms with Crippen molar-refractivity contribution in [1.29, 1.82) is 0 Å². The summed E-state index contributed by atoms with van der Waals surface area (Å²) in [5.41, 5.74) is 0. The molecule has 0 aliphatic carbocycles. The van der Waals surface area contributed by atoms with Crippen LogP contribution in [0.3, 0.4) is 0 Å². The smallest absolute Gasteiger partial charge is 0.462 e. The Bertz CT molecular complexity index is 1760.